The monoisotopic (exact) mass is 409 g/mol. The number of alkyl halides is 3. The van der Waals surface area contributed by atoms with Gasteiger partial charge in [-0.3, -0.25) is 0 Å². The minimum absolute atomic E-state index is 0.0120. The number of carbonyl (C=O) groups is 1. The predicted molar refractivity (Wildman–Crippen MR) is 104 cm³/mol. The van der Waals surface area contributed by atoms with Crippen molar-refractivity contribution in [2.75, 3.05) is 13.1 Å². The number of carbonyl (C=O) groups excluding carboxylic acids is 1. The zero-order valence-corrected chi connectivity index (χ0v) is 17.1. The highest BCUT2D eigenvalue weighted by Crippen LogP contribution is 2.38. The molecule has 0 radical (unpaired) electrons. The molecule has 0 unspecified atom stereocenters. The molecule has 0 aliphatic carbocycles. The summed E-state index contributed by atoms with van der Waals surface area (Å²) in [6, 6.07) is 6.87. The summed E-state index contributed by atoms with van der Waals surface area (Å²) < 4.78 is 46.1. The molecule has 2 heterocycles. The fraction of sp³-hybridized carbons (Fsp3) is 0.524. The van der Waals surface area contributed by atoms with Gasteiger partial charge >= 0.3 is 12.3 Å². The maximum Gasteiger partial charge on any atom is 0.435 e. The normalized spacial score (nSPS) is 16.2. The number of benzene rings is 1. The van der Waals surface area contributed by atoms with E-state index in [1.54, 1.807) is 49.9 Å². The minimum Gasteiger partial charge on any atom is -0.444 e. The molecule has 29 heavy (non-hydrogen) atoms. The smallest absolute Gasteiger partial charge is 0.435 e. The summed E-state index contributed by atoms with van der Waals surface area (Å²) in [5, 5.41) is 0. The Balaban J connectivity index is 1.78. The number of piperidine rings is 1. The van der Waals surface area contributed by atoms with E-state index in [9.17, 15) is 18.0 Å². The Labute approximate surface area is 168 Å². The van der Waals surface area contributed by atoms with E-state index < -0.39 is 23.6 Å². The zero-order chi connectivity index (χ0) is 21.4. The lowest BCUT2D eigenvalue weighted by atomic mass is 9.96. The van der Waals surface area contributed by atoms with Crippen LogP contribution in [0.3, 0.4) is 0 Å². The highest BCUT2D eigenvalue weighted by molar-refractivity contribution is 5.68. The Kier molecular flexibility index (Phi) is 5.65. The van der Waals surface area contributed by atoms with E-state index in [0.29, 0.717) is 37.3 Å². The number of ether oxygens (including phenoxy) is 1. The molecule has 158 valence electrons. The number of nitrogens with zero attached hydrogens (tertiary/aromatic N) is 2. The third kappa shape index (κ3) is 5.10. The van der Waals surface area contributed by atoms with Crippen molar-refractivity contribution >= 4 is 6.09 Å². The van der Waals surface area contributed by atoms with E-state index in [1.807, 2.05) is 6.92 Å². The third-order valence-corrected chi connectivity index (χ3v) is 4.86. The van der Waals surface area contributed by atoms with Gasteiger partial charge in [-0.15, -0.1) is 0 Å². The molecule has 0 spiro atoms. The number of H-pyrrole nitrogens is 1. The van der Waals surface area contributed by atoms with Crippen molar-refractivity contribution in [2.24, 2.45) is 0 Å². The van der Waals surface area contributed by atoms with Crippen LogP contribution in [0.15, 0.2) is 24.3 Å². The van der Waals surface area contributed by atoms with Crippen LogP contribution in [-0.4, -0.2) is 39.7 Å². The highest BCUT2D eigenvalue weighted by Gasteiger charge is 2.39. The van der Waals surface area contributed by atoms with Gasteiger partial charge in [0.25, 0.3) is 0 Å². The van der Waals surface area contributed by atoms with Crippen molar-refractivity contribution in [1.29, 1.82) is 0 Å². The second kappa shape index (κ2) is 7.72. The van der Waals surface area contributed by atoms with E-state index in [1.165, 1.54) is 0 Å². The van der Waals surface area contributed by atoms with E-state index in [0.717, 1.165) is 5.56 Å². The number of amides is 1. The molecular formula is C21H26F3N3O2. The summed E-state index contributed by atoms with van der Waals surface area (Å²) in [7, 11) is 0. The highest BCUT2D eigenvalue weighted by atomic mass is 19.4. The average molecular weight is 409 g/mol. The molecule has 1 amide bonds. The van der Waals surface area contributed by atoms with Gasteiger partial charge in [0, 0.05) is 24.6 Å². The van der Waals surface area contributed by atoms with Crippen molar-refractivity contribution in [3.63, 3.8) is 0 Å². The van der Waals surface area contributed by atoms with Crippen LogP contribution in [0.2, 0.25) is 0 Å². The largest absolute Gasteiger partial charge is 0.444 e. The number of halogens is 3. The Hall–Kier alpha value is -2.51. The summed E-state index contributed by atoms with van der Waals surface area (Å²) in [5.41, 5.74) is -0.0723. The van der Waals surface area contributed by atoms with E-state index in [4.69, 9.17) is 4.74 Å². The van der Waals surface area contributed by atoms with Crippen LogP contribution >= 0.6 is 0 Å². The summed E-state index contributed by atoms with van der Waals surface area (Å²) in [6.07, 6.45) is -3.90. The zero-order valence-electron chi connectivity index (χ0n) is 17.1. The number of aromatic nitrogens is 2. The number of hydrogen-bond acceptors (Lipinski definition) is 3. The SMILES string of the molecule is Cc1ccc(-c2[nH]c(C3CCN(C(=O)OC(C)(C)C)CC3)nc2C(F)(F)F)cc1. The van der Waals surface area contributed by atoms with Gasteiger partial charge in [-0.25, -0.2) is 9.78 Å². The Morgan fingerprint density at radius 2 is 1.72 bits per heavy atom. The Bertz CT molecular complexity index is 859. The average Bonchev–Trinajstić information content (AvgIpc) is 3.07. The molecule has 1 N–H and O–H groups in total. The maximum absolute atomic E-state index is 13.6. The molecule has 1 fully saturated rings. The predicted octanol–water partition coefficient (Wildman–Crippen LogP) is 5.52. The number of rotatable bonds is 2. The van der Waals surface area contributed by atoms with Crippen LogP contribution in [0.4, 0.5) is 18.0 Å². The molecule has 2 aromatic rings. The van der Waals surface area contributed by atoms with Crippen molar-refractivity contribution in [3.8, 4) is 11.3 Å². The number of hydrogen-bond donors (Lipinski definition) is 1. The lowest BCUT2D eigenvalue weighted by molar-refractivity contribution is -0.140. The van der Waals surface area contributed by atoms with Gasteiger partial charge in [0.05, 0.1) is 5.69 Å². The van der Waals surface area contributed by atoms with Crippen molar-refractivity contribution in [2.45, 2.75) is 58.2 Å². The van der Waals surface area contributed by atoms with Crippen LogP contribution in [0, 0.1) is 6.92 Å². The summed E-state index contributed by atoms with van der Waals surface area (Å²) >= 11 is 0. The lowest BCUT2D eigenvalue weighted by Gasteiger charge is -2.32. The van der Waals surface area contributed by atoms with Crippen molar-refractivity contribution < 1.29 is 22.7 Å². The van der Waals surface area contributed by atoms with Gasteiger partial charge in [-0.2, -0.15) is 13.2 Å². The first-order valence-electron chi connectivity index (χ1n) is 9.66. The first-order valence-corrected chi connectivity index (χ1v) is 9.66. The molecular weight excluding hydrogens is 383 g/mol. The van der Waals surface area contributed by atoms with Gasteiger partial charge in [0.2, 0.25) is 0 Å². The first-order chi connectivity index (χ1) is 13.4. The lowest BCUT2D eigenvalue weighted by Crippen LogP contribution is -2.41. The van der Waals surface area contributed by atoms with Crippen LogP contribution in [0.25, 0.3) is 11.3 Å². The number of aromatic amines is 1. The van der Waals surface area contributed by atoms with Crippen molar-refractivity contribution in [1.82, 2.24) is 14.9 Å². The Morgan fingerprint density at radius 3 is 2.24 bits per heavy atom. The second-order valence-corrected chi connectivity index (χ2v) is 8.45. The van der Waals surface area contributed by atoms with Crippen molar-refractivity contribution in [3.05, 3.63) is 41.3 Å². The van der Waals surface area contributed by atoms with E-state index in [2.05, 4.69) is 9.97 Å². The van der Waals surface area contributed by atoms with Gasteiger partial charge in [-0.05, 0) is 40.5 Å². The van der Waals surface area contributed by atoms with Gasteiger partial charge in [0.15, 0.2) is 5.69 Å². The fourth-order valence-electron chi connectivity index (χ4n) is 3.38. The topological polar surface area (TPSA) is 58.2 Å². The quantitative estimate of drug-likeness (QED) is 0.711. The molecule has 1 aliphatic heterocycles. The fourth-order valence-corrected chi connectivity index (χ4v) is 3.38. The molecule has 5 nitrogen and oxygen atoms in total. The summed E-state index contributed by atoms with van der Waals surface area (Å²) in [5.74, 6) is 0.144. The molecule has 1 aliphatic rings. The van der Waals surface area contributed by atoms with E-state index >= 15 is 0 Å². The number of imidazole rings is 1. The standard InChI is InChI=1S/C21H26F3N3O2/c1-13-5-7-14(8-6-13)16-17(21(22,23)24)26-18(25-16)15-9-11-27(12-10-15)19(28)29-20(2,3)4/h5-8,15H,9-12H2,1-4H3,(H,25,26). The number of aryl methyl sites for hydroxylation is 1. The van der Waals surface area contributed by atoms with Crippen LogP contribution in [-0.2, 0) is 10.9 Å². The second-order valence-electron chi connectivity index (χ2n) is 8.45. The molecule has 0 atom stereocenters. The van der Waals surface area contributed by atoms with Gasteiger partial charge in [0.1, 0.15) is 11.4 Å². The maximum atomic E-state index is 13.6. The van der Waals surface area contributed by atoms with Gasteiger partial charge < -0.3 is 14.6 Å². The molecule has 1 aromatic carbocycles. The van der Waals surface area contributed by atoms with Crippen LogP contribution in [0.1, 0.15) is 56.6 Å². The molecule has 1 aromatic heterocycles. The van der Waals surface area contributed by atoms with E-state index in [-0.39, 0.29) is 11.6 Å². The molecule has 0 saturated carbocycles. The number of likely N-dealkylation sites (tertiary alicyclic amines) is 1. The molecule has 0 bridgehead atoms. The summed E-state index contributed by atoms with van der Waals surface area (Å²) in [6.45, 7) is 8.11. The molecule has 8 heteroatoms. The first kappa shape index (κ1) is 21.2. The minimum atomic E-state index is -4.55. The third-order valence-electron chi connectivity index (χ3n) is 4.86. The molecule has 3 rings (SSSR count). The van der Waals surface area contributed by atoms with Gasteiger partial charge in [-0.1, -0.05) is 29.8 Å². The Morgan fingerprint density at radius 1 is 1.14 bits per heavy atom. The number of nitrogens with one attached hydrogen (secondary N) is 1. The summed E-state index contributed by atoms with van der Waals surface area (Å²) in [4.78, 5) is 20.6. The van der Waals surface area contributed by atoms with Crippen LogP contribution in [0.5, 0.6) is 0 Å². The van der Waals surface area contributed by atoms with Crippen LogP contribution < -0.4 is 0 Å². The molecule has 1 saturated heterocycles.